The topological polar surface area (TPSA) is 103 Å². The molecule has 0 saturated carbocycles. The molecule has 0 atom stereocenters. The molecule has 8 nitrogen and oxygen atoms in total. The van der Waals surface area contributed by atoms with E-state index in [-0.39, 0.29) is 18.0 Å². The van der Waals surface area contributed by atoms with Crippen molar-refractivity contribution in [2.24, 2.45) is 5.10 Å². The lowest BCUT2D eigenvalue weighted by Gasteiger charge is -2.14. The first-order valence-corrected chi connectivity index (χ1v) is 14.9. The Morgan fingerprint density at radius 1 is 1.00 bits per heavy atom. The molecule has 0 fully saturated rings. The minimum atomic E-state index is -0.337. The summed E-state index contributed by atoms with van der Waals surface area (Å²) < 4.78 is 20.9. The number of rotatable bonds is 8. The number of fused-ring (bicyclic) bond motifs is 2. The summed E-state index contributed by atoms with van der Waals surface area (Å²) >= 11 is 7.10. The van der Waals surface area contributed by atoms with Gasteiger partial charge in [-0.25, -0.2) is 4.98 Å². The number of hydrogen-bond donors (Lipinski definition) is 0. The van der Waals surface area contributed by atoms with Gasteiger partial charge in [-0.3, -0.25) is 4.79 Å². The summed E-state index contributed by atoms with van der Waals surface area (Å²) in [4.78, 5) is 18.4. The zero-order valence-electron chi connectivity index (χ0n) is 22.8. The van der Waals surface area contributed by atoms with Crippen LogP contribution in [0.5, 0.6) is 11.5 Å². The average molecular weight is 698 g/mol. The van der Waals surface area contributed by atoms with E-state index in [4.69, 9.17) is 18.9 Å². The maximum absolute atomic E-state index is 13.7. The van der Waals surface area contributed by atoms with Gasteiger partial charge >= 0.3 is 0 Å². The Bertz CT molecular complexity index is 2130. The lowest BCUT2D eigenvalue weighted by Crippen LogP contribution is -2.20. The van der Waals surface area contributed by atoms with E-state index in [1.54, 1.807) is 42.6 Å². The van der Waals surface area contributed by atoms with Crippen LogP contribution in [-0.4, -0.2) is 22.5 Å². The van der Waals surface area contributed by atoms with Crippen LogP contribution in [0, 0.1) is 11.3 Å². The fraction of sp³-hybridized carbons (Fsp3) is 0.0909. The Kier molecular flexibility index (Phi) is 8.09. The number of para-hydroxylation sites is 1. The van der Waals surface area contributed by atoms with Crippen molar-refractivity contribution in [2.45, 2.75) is 13.5 Å². The van der Waals surface area contributed by atoms with Crippen LogP contribution in [0.1, 0.15) is 23.6 Å². The quantitative estimate of drug-likeness (QED) is 0.149. The minimum absolute atomic E-state index is 0.194. The fourth-order valence-corrected chi connectivity index (χ4v) is 5.38. The standard InChI is InChI=1S/C33H22Br2N4O4/c1-2-41-29-15-23(26(35)16-30(29)42-19-21-8-4-3-7-20(21)17-36)18-37-39-32(38-27-10-6-5-9-25(27)33(39)40)31-14-22-13-24(34)11-12-28(22)43-31/h3-16,18H,2,19H2,1H3. The highest BCUT2D eigenvalue weighted by atomic mass is 79.9. The molecule has 2 heterocycles. The molecular formula is C33H22Br2N4O4. The van der Waals surface area contributed by atoms with Crippen LogP contribution in [0.15, 0.2) is 108 Å². The number of aromatic nitrogens is 2. The summed E-state index contributed by atoms with van der Waals surface area (Å²) in [7, 11) is 0. The molecule has 0 N–H and O–H groups in total. The molecule has 0 aliphatic heterocycles. The van der Waals surface area contributed by atoms with E-state index in [0.717, 1.165) is 15.4 Å². The van der Waals surface area contributed by atoms with Crippen LogP contribution in [0.25, 0.3) is 33.5 Å². The molecule has 0 unspecified atom stereocenters. The van der Waals surface area contributed by atoms with Crippen molar-refractivity contribution in [3.8, 4) is 29.2 Å². The number of halogens is 2. The Morgan fingerprint density at radius 3 is 2.63 bits per heavy atom. The third kappa shape index (κ3) is 5.82. The molecule has 0 aliphatic carbocycles. The molecular weight excluding hydrogens is 676 g/mol. The summed E-state index contributed by atoms with van der Waals surface area (Å²) in [6.45, 7) is 2.48. The van der Waals surface area contributed by atoms with Crippen LogP contribution in [0.2, 0.25) is 0 Å². The predicted molar refractivity (Wildman–Crippen MR) is 173 cm³/mol. The molecule has 0 bridgehead atoms. The van der Waals surface area contributed by atoms with Gasteiger partial charge < -0.3 is 13.9 Å². The summed E-state index contributed by atoms with van der Waals surface area (Å²) in [6, 6.07) is 27.6. The molecule has 0 saturated heterocycles. The zero-order chi connectivity index (χ0) is 29.9. The molecule has 6 aromatic rings. The summed E-state index contributed by atoms with van der Waals surface area (Å²) in [5.41, 5.74) is 2.82. The number of hydrogen-bond acceptors (Lipinski definition) is 7. The van der Waals surface area contributed by atoms with Crippen molar-refractivity contribution in [2.75, 3.05) is 6.61 Å². The van der Waals surface area contributed by atoms with Crippen molar-refractivity contribution < 1.29 is 13.9 Å². The lowest BCUT2D eigenvalue weighted by atomic mass is 10.1. The summed E-state index contributed by atoms with van der Waals surface area (Å²) in [5, 5.41) is 15.3. The summed E-state index contributed by atoms with van der Waals surface area (Å²) in [6.07, 6.45) is 1.56. The van der Waals surface area contributed by atoms with Gasteiger partial charge in [-0.2, -0.15) is 15.0 Å². The molecule has 0 spiro atoms. The predicted octanol–water partition coefficient (Wildman–Crippen LogP) is 8.07. The summed E-state index contributed by atoms with van der Waals surface area (Å²) in [5.74, 6) is 1.67. The highest BCUT2D eigenvalue weighted by Crippen LogP contribution is 2.34. The number of benzene rings is 4. The second kappa shape index (κ2) is 12.3. The lowest BCUT2D eigenvalue weighted by molar-refractivity contribution is 0.269. The molecule has 4 aromatic carbocycles. The van der Waals surface area contributed by atoms with Crippen molar-refractivity contribution in [3.63, 3.8) is 0 Å². The number of nitriles is 1. The van der Waals surface area contributed by atoms with Gasteiger partial charge in [0.15, 0.2) is 17.3 Å². The van der Waals surface area contributed by atoms with E-state index >= 15 is 0 Å². The highest BCUT2D eigenvalue weighted by molar-refractivity contribution is 9.10. The maximum Gasteiger partial charge on any atom is 0.282 e. The Balaban J connectivity index is 1.41. The van der Waals surface area contributed by atoms with Crippen LogP contribution in [0.3, 0.4) is 0 Å². The third-order valence-electron chi connectivity index (χ3n) is 6.65. The smallest absolute Gasteiger partial charge is 0.282 e. The van der Waals surface area contributed by atoms with E-state index in [1.165, 1.54) is 4.68 Å². The van der Waals surface area contributed by atoms with E-state index in [2.05, 4.69) is 43.0 Å². The van der Waals surface area contributed by atoms with Crippen LogP contribution >= 0.6 is 31.9 Å². The number of nitrogens with zero attached hydrogens (tertiary/aromatic N) is 4. The third-order valence-corrected chi connectivity index (χ3v) is 7.83. The van der Waals surface area contributed by atoms with Crippen molar-refractivity contribution in [1.82, 2.24) is 9.66 Å². The molecule has 43 heavy (non-hydrogen) atoms. The molecule has 0 aliphatic rings. The minimum Gasteiger partial charge on any atom is -0.490 e. The van der Waals surface area contributed by atoms with Gasteiger partial charge in [-0.1, -0.05) is 46.3 Å². The first kappa shape index (κ1) is 28.4. The van der Waals surface area contributed by atoms with Gasteiger partial charge in [0.05, 0.1) is 35.4 Å². The Morgan fingerprint density at radius 2 is 1.79 bits per heavy atom. The molecule has 212 valence electrons. The van der Waals surface area contributed by atoms with E-state index in [0.29, 0.717) is 56.0 Å². The van der Waals surface area contributed by atoms with Crippen molar-refractivity contribution >= 4 is 59.9 Å². The monoisotopic (exact) mass is 696 g/mol. The van der Waals surface area contributed by atoms with Gasteiger partial charge in [0, 0.05) is 25.5 Å². The van der Waals surface area contributed by atoms with Crippen molar-refractivity contribution in [1.29, 1.82) is 5.26 Å². The van der Waals surface area contributed by atoms with Crippen molar-refractivity contribution in [3.05, 3.63) is 121 Å². The molecule has 0 radical (unpaired) electrons. The van der Waals surface area contributed by atoms with Crippen LogP contribution < -0.4 is 15.0 Å². The second-order valence-electron chi connectivity index (χ2n) is 9.42. The van der Waals surface area contributed by atoms with E-state index in [1.807, 2.05) is 55.5 Å². The second-order valence-corrected chi connectivity index (χ2v) is 11.2. The van der Waals surface area contributed by atoms with Gasteiger partial charge in [-0.15, -0.1) is 0 Å². The Labute approximate surface area is 263 Å². The normalized spacial score (nSPS) is 11.3. The van der Waals surface area contributed by atoms with Gasteiger partial charge in [0.2, 0.25) is 5.82 Å². The number of furan rings is 1. The van der Waals surface area contributed by atoms with Crippen LogP contribution in [-0.2, 0) is 6.61 Å². The molecule has 6 rings (SSSR count). The first-order chi connectivity index (χ1) is 20.9. The molecule has 2 aromatic heterocycles. The average Bonchev–Trinajstić information content (AvgIpc) is 3.44. The highest BCUT2D eigenvalue weighted by Gasteiger charge is 2.17. The van der Waals surface area contributed by atoms with Gasteiger partial charge in [0.25, 0.3) is 5.56 Å². The van der Waals surface area contributed by atoms with E-state index < -0.39 is 0 Å². The van der Waals surface area contributed by atoms with Gasteiger partial charge in [0.1, 0.15) is 12.2 Å². The first-order valence-electron chi connectivity index (χ1n) is 13.3. The van der Waals surface area contributed by atoms with Gasteiger partial charge in [-0.05, 0) is 77.5 Å². The zero-order valence-corrected chi connectivity index (χ0v) is 25.9. The van der Waals surface area contributed by atoms with E-state index in [9.17, 15) is 10.1 Å². The molecule has 0 amide bonds. The maximum atomic E-state index is 13.7. The van der Waals surface area contributed by atoms with Crippen LogP contribution in [0.4, 0.5) is 0 Å². The fourth-order valence-electron chi connectivity index (χ4n) is 4.58. The molecule has 10 heteroatoms. The SMILES string of the molecule is CCOc1cc(C=Nn2c(-c3cc4cc(Br)ccc4o3)nc3ccccc3c2=O)c(Br)cc1OCc1ccccc1C#N. The Hall–Kier alpha value is -4.72. The number of ether oxygens (including phenoxy) is 2. The largest absolute Gasteiger partial charge is 0.490 e.